The van der Waals surface area contributed by atoms with Gasteiger partial charge in [0.05, 0.1) is 35.9 Å². The Morgan fingerprint density at radius 2 is 1.97 bits per heavy atom. The first-order valence-electron chi connectivity index (χ1n) is 10.7. The molecule has 6 rings (SSSR count). The van der Waals surface area contributed by atoms with Crippen LogP contribution in [0, 0.1) is 23.2 Å². The third kappa shape index (κ3) is 3.54. The molecule has 3 aromatic rings. The van der Waals surface area contributed by atoms with Gasteiger partial charge in [-0.3, -0.25) is 0 Å². The van der Waals surface area contributed by atoms with Gasteiger partial charge < -0.3 is 9.64 Å². The molecule has 14 heteroatoms. The van der Waals surface area contributed by atoms with Crippen LogP contribution >= 0.6 is 11.3 Å². The quantitative estimate of drug-likeness (QED) is 0.538. The summed E-state index contributed by atoms with van der Waals surface area (Å²) in [7, 11) is -4.03. The molecule has 1 saturated carbocycles. The molecule has 4 heterocycles. The van der Waals surface area contributed by atoms with E-state index in [1.54, 1.807) is 12.3 Å². The van der Waals surface area contributed by atoms with E-state index >= 15 is 0 Å². The number of rotatable bonds is 6. The number of anilines is 1. The zero-order valence-electron chi connectivity index (χ0n) is 17.7. The normalized spacial score (nSPS) is 23.5. The number of fused-ring (bicyclic) bond motifs is 2. The summed E-state index contributed by atoms with van der Waals surface area (Å²) in [6.45, 7) is 2.74. The molecule has 0 spiro atoms. The molecular weight excluding hydrogens is 488 g/mol. The van der Waals surface area contributed by atoms with E-state index in [4.69, 9.17) is 4.74 Å². The van der Waals surface area contributed by atoms with Gasteiger partial charge >= 0.3 is 0 Å². The largest absolute Gasteiger partial charge is 0.381 e. The third-order valence-corrected chi connectivity index (χ3v) is 9.05. The summed E-state index contributed by atoms with van der Waals surface area (Å²) in [5.74, 6) is 0.710. The fourth-order valence-electron chi connectivity index (χ4n) is 4.61. The van der Waals surface area contributed by atoms with Gasteiger partial charge in [-0.1, -0.05) is 11.3 Å². The number of benzene rings is 1. The molecule has 2 atom stereocenters. The number of alkyl halides is 2. The van der Waals surface area contributed by atoms with E-state index in [1.807, 2.05) is 6.07 Å². The Hall–Kier alpha value is -2.73. The summed E-state index contributed by atoms with van der Waals surface area (Å²) >= 11 is 0.692. The number of hydrogen-bond acceptors (Lipinski definition) is 9. The standard InChI is InChI=1S/C20H19F2N7O3S2/c21-17(22)18-25-26-19(33-18)29-16-4-13(34(30,31)27-20(10-23)1-2-20)3-15(14(16)5-24-29)28-6-11-8-32-9-12(11)7-28/h3-5,11-12,17,27H,1-2,6-9H2/t11-,12+. The monoisotopic (exact) mass is 507 g/mol. The summed E-state index contributed by atoms with van der Waals surface area (Å²) in [5, 5.41) is 21.4. The maximum Gasteiger partial charge on any atom is 0.291 e. The first-order chi connectivity index (χ1) is 16.3. The van der Waals surface area contributed by atoms with Gasteiger partial charge in [-0.25, -0.2) is 21.9 Å². The Kier molecular flexibility index (Phi) is 4.89. The van der Waals surface area contributed by atoms with Gasteiger partial charge in [0.15, 0.2) is 5.01 Å². The van der Waals surface area contributed by atoms with Crippen molar-refractivity contribution in [3.63, 3.8) is 0 Å². The van der Waals surface area contributed by atoms with Crippen LogP contribution in [0.3, 0.4) is 0 Å². The van der Waals surface area contributed by atoms with Crippen LogP contribution in [0.4, 0.5) is 14.5 Å². The first-order valence-corrected chi connectivity index (χ1v) is 13.0. The molecule has 3 fully saturated rings. The van der Waals surface area contributed by atoms with Crippen molar-refractivity contribution in [2.24, 2.45) is 11.8 Å². The van der Waals surface area contributed by atoms with Crippen molar-refractivity contribution in [2.75, 3.05) is 31.2 Å². The van der Waals surface area contributed by atoms with E-state index in [0.717, 1.165) is 0 Å². The second kappa shape index (κ2) is 7.64. The highest BCUT2D eigenvalue weighted by molar-refractivity contribution is 7.89. The molecule has 34 heavy (non-hydrogen) atoms. The summed E-state index contributed by atoms with van der Waals surface area (Å²) in [4.78, 5) is 2.10. The zero-order chi connectivity index (χ0) is 23.7. The van der Waals surface area contributed by atoms with E-state index in [0.29, 0.717) is 78.9 Å². The molecule has 10 nitrogen and oxygen atoms in total. The van der Waals surface area contributed by atoms with Gasteiger partial charge in [0.1, 0.15) is 5.54 Å². The number of hydrogen-bond donors (Lipinski definition) is 1. The van der Waals surface area contributed by atoms with E-state index in [9.17, 15) is 22.5 Å². The van der Waals surface area contributed by atoms with Gasteiger partial charge in [0.2, 0.25) is 15.2 Å². The minimum absolute atomic E-state index is 0.0230. The molecule has 2 saturated heterocycles. The molecule has 1 aromatic carbocycles. The van der Waals surface area contributed by atoms with Crippen LogP contribution in [-0.2, 0) is 14.8 Å². The number of sulfonamides is 1. The van der Waals surface area contributed by atoms with Gasteiger partial charge in [-0.15, -0.1) is 10.2 Å². The maximum absolute atomic E-state index is 13.3. The average molecular weight is 508 g/mol. The maximum atomic E-state index is 13.3. The SMILES string of the molecule is N#CC1(NS(=O)(=O)c2cc(N3C[C@H]4COC[C@H]4C3)c3cnn(-c4nnc(C(F)F)s4)c3c2)CC1. The minimum Gasteiger partial charge on any atom is -0.381 e. The molecular formula is C20H19F2N7O3S2. The summed E-state index contributed by atoms with van der Waals surface area (Å²) in [6, 6.07) is 5.07. The molecule has 2 aromatic heterocycles. The lowest BCUT2D eigenvalue weighted by molar-refractivity contribution is 0.150. The Bertz CT molecular complexity index is 1420. The Labute approximate surface area is 197 Å². The summed E-state index contributed by atoms with van der Waals surface area (Å²) in [6.07, 6.45) is -0.283. The van der Waals surface area contributed by atoms with Crippen molar-refractivity contribution in [1.82, 2.24) is 24.7 Å². The van der Waals surface area contributed by atoms with E-state index < -0.39 is 27.0 Å². The smallest absolute Gasteiger partial charge is 0.291 e. The number of halogens is 2. The van der Waals surface area contributed by atoms with Gasteiger partial charge in [-0.05, 0) is 25.0 Å². The second-order valence-electron chi connectivity index (χ2n) is 8.92. The topological polar surface area (TPSA) is 126 Å². The number of nitrogens with zero attached hydrogens (tertiary/aromatic N) is 6. The molecule has 1 N–H and O–H groups in total. The van der Waals surface area contributed by atoms with Gasteiger partial charge in [0, 0.05) is 36.0 Å². The predicted molar refractivity (Wildman–Crippen MR) is 117 cm³/mol. The molecule has 0 amide bonds. The Morgan fingerprint density at radius 1 is 1.24 bits per heavy atom. The van der Waals surface area contributed by atoms with Gasteiger partial charge in [-0.2, -0.15) is 15.1 Å². The van der Waals surface area contributed by atoms with Crippen LogP contribution in [0.5, 0.6) is 0 Å². The average Bonchev–Trinajstić information content (AvgIpc) is 3.29. The third-order valence-electron chi connectivity index (χ3n) is 6.62. The van der Waals surface area contributed by atoms with E-state index in [-0.39, 0.29) is 10.0 Å². The van der Waals surface area contributed by atoms with Crippen LogP contribution in [0.1, 0.15) is 24.3 Å². The molecule has 0 unspecified atom stereocenters. The zero-order valence-corrected chi connectivity index (χ0v) is 19.3. The number of ether oxygens (including phenoxy) is 1. The van der Waals surface area contributed by atoms with E-state index in [1.165, 1.54) is 10.7 Å². The molecule has 1 aliphatic carbocycles. The van der Waals surface area contributed by atoms with E-state index in [2.05, 4.69) is 24.9 Å². The van der Waals surface area contributed by atoms with Crippen LogP contribution in [0.25, 0.3) is 16.0 Å². The highest BCUT2D eigenvalue weighted by Crippen LogP contribution is 2.40. The predicted octanol–water partition coefficient (Wildman–Crippen LogP) is 2.23. The van der Waals surface area contributed by atoms with Crippen molar-refractivity contribution in [2.45, 2.75) is 29.7 Å². The lowest BCUT2D eigenvalue weighted by Crippen LogP contribution is -2.35. The lowest BCUT2D eigenvalue weighted by Gasteiger charge is -2.22. The fourth-order valence-corrected chi connectivity index (χ4v) is 6.70. The van der Waals surface area contributed by atoms with Gasteiger partial charge in [0.25, 0.3) is 6.43 Å². The first kappa shape index (κ1) is 21.8. The van der Waals surface area contributed by atoms with Crippen molar-refractivity contribution in [3.05, 3.63) is 23.3 Å². The Balaban J connectivity index is 1.48. The van der Waals surface area contributed by atoms with Crippen molar-refractivity contribution < 1.29 is 21.9 Å². The summed E-state index contributed by atoms with van der Waals surface area (Å²) < 4.78 is 62.1. The van der Waals surface area contributed by atoms with Crippen molar-refractivity contribution >= 4 is 38.0 Å². The van der Waals surface area contributed by atoms with Crippen molar-refractivity contribution in [3.8, 4) is 11.2 Å². The lowest BCUT2D eigenvalue weighted by atomic mass is 10.0. The van der Waals surface area contributed by atoms with Crippen LogP contribution in [-0.4, -0.2) is 60.2 Å². The fraction of sp³-hybridized carbons (Fsp3) is 0.500. The van der Waals surface area contributed by atoms with Crippen LogP contribution in [0.15, 0.2) is 23.2 Å². The van der Waals surface area contributed by atoms with Crippen molar-refractivity contribution in [1.29, 1.82) is 5.26 Å². The molecule has 0 radical (unpaired) electrons. The number of nitrogens with one attached hydrogen (secondary N) is 1. The Morgan fingerprint density at radius 3 is 2.59 bits per heavy atom. The molecule has 2 aliphatic heterocycles. The highest BCUT2D eigenvalue weighted by Gasteiger charge is 2.47. The molecule has 0 bridgehead atoms. The van der Waals surface area contributed by atoms with Crippen LogP contribution in [0.2, 0.25) is 0 Å². The minimum atomic E-state index is -4.03. The van der Waals surface area contributed by atoms with Crippen LogP contribution < -0.4 is 9.62 Å². The number of nitriles is 1. The number of aromatic nitrogens is 4. The second-order valence-corrected chi connectivity index (χ2v) is 11.6. The highest BCUT2D eigenvalue weighted by atomic mass is 32.2. The summed E-state index contributed by atoms with van der Waals surface area (Å²) in [5.41, 5.74) is 0.00518. The molecule has 178 valence electrons. The molecule has 3 aliphatic rings.